The Morgan fingerprint density at radius 1 is 1.00 bits per heavy atom. The predicted molar refractivity (Wildman–Crippen MR) is 70.3 cm³/mol. The molecule has 0 spiro atoms. The van der Waals surface area contributed by atoms with E-state index in [1.165, 1.54) is 0 Å². The van der Waals surface area contributed by atoms with Crippen molar-refractivity contribution in [1.82, 2.24) is 0 Å². The van der Waals surface area contributed by atoms with Crippen LogP contribution < -0.4 is 0 Å². The van der Waals surface area contributed by atoms with E-state index in [9.17, 15) is 15.3 Å². The summed E-state index contributed by atoms with van der Waals surface area (Å²) in [5.41, 5.74) is 1.04. The van der Waals surface area contributed by atoms with E-state index in [4.69, 9.17) is 4.74 Å². The number of aliphatic hydroxyl groups excluding tert-OH is 3. The van der Waals surface area contributed by atoms with Crippen molar-refractivity contribution in [2.24, 2.45) is 5.92 Å². The molecule has 0 unspecified atom stereocenters. The van der Waals surface area contributed by atoms with Crippen LogP contribution in [0.15, 0.2) is 30.3 Å². The van der Waals surface area contributed by atoms with E-state index in [2.05, 4.69) is 15.9 Å². The van der Waals surface area contributed by atoms with Crippen LogP contribution >= 0.6 is 15.9 Å². The first-order valence-corrected chi connectivity index (χ1v) is 6.82. The zero-order valence-corrected chi connectivity index (χ0v) is 11.4. The summed E-state index contributed by atoms with van der Waals surface area (Å²) < 4.78 is 5.49. The fourth-order valence-electron chi connectivity index (χ4n) is 2.17. The lowest BCUT2D eigenvalue weighted by Gasteiger charge is -2.18. The zero-order chi connectivity index (χ0) is 13.1. The van der Waals surface area contributed by atoms with E-state index in [0.717, 1.165) is 5.56 Å². The number of alkyl halides is 1. The summed E-state index contributed by atoms with van der Waals surface area (Å²) in [7, 11) is 0. The average molecular weight is 317 g/mol. The summed E-state index contributed by atoms with van der Waals surface area (Å²) in [6, 6.07) is 9.68. The Labute approximate surface area is 114 Å². The second-order valence-electron chi connectivity index (χ2n) is 4.58. The van der Waals surface area contributed by atoms with Crippen LogP contribution in [0.5, 0.6) is 0 Å². The van der Waals surface area contributed by atoms with Gasteiger partial charge in [0.2, 0.25) is 0 Å². The van der Waals surface area contributed by atoms with Crippen LogP contribution in [0.2, 0.25) is 0 Å². The van der Waals surface area contributed by atoms with Crippen molar-refractivity contribution in [3.05, 3.63) is 35.9 Å². The third kappa shape index (κ3) is 2.92. The van der Waals surface area contributed by atoms with Gasteiger partial charge in [-0.15, -0.1) is 0 Å². The van der Waals surface area contributed by atoms with Gasteiger partial charge in [-0.3, -0.25) is 0 Å². The number of halogens is 1. The van der Waals surface area contributed by atoms with Gasteiger partial charge < -0.3 is 20.1 Å². The lowest BCUT2D eigenvalue weighted by molar-refractivity contribution is -0.0286. The second-order valence-corrected chi connectivity index (χ2v) is 5.64. The molecule has 0 radical (unpaired) electrons. The molecule has 1 fully saturated rings. The topological polar surface area (TPSA) is 69.9 Å². The van der Waals surface area contributed by atoms with E-state index in [0.29, 0.717) is 6.61 Å². The Balaban J connectivity index is 1.84. The quantitative estimate of drug-likeness (QED) is 0.714. The molecule has 100 valence electrons. The number of hydrogen-bond acceptors (Lipinski definition) is 4. The normalized spacial score (nSPS) is 35.9. The van der Waals surface area contributed by atoms with Crippen molar-refractivity contribution in [1.29, 1.82) is 0 Å². The minimum atomic E-state index is -0.958. The van der Waals surface area contributed by atoms with Gasteiger partial charge >= 0.3 is 0 Å². The summed E-state index contributed by atoms with van der Waals surface area (Å²) >= 11 is 3.17. The molecule has 0 amide bonds. The number of ether oxygens (including phenoxy) is 1. The molecule has 1 aliphatic carbocycles. The molecule has 2 rings (SSSR count). The van der Waals surface area contributed by atoms with Crippen LogP contribution in [0.3, 0.4) is 0 Å². The van der Waals surface area contributed by atoms with Crippen LogP contribution in [0.1, 0.15) is 5.56 Å². The second kappa shape index (κ2) is 6.12. The maximum atomic E-state index is 9.85. The molecule has 3 N–H and O–H groups in total. The summed E-state index contributed by atoms with van der Waals surface area (Å²) in [5.74, 6) is -0.465. The summed E-state index contributed by atoms with van der Waals surface area (Å²) in [5, 5.41) is 29.2. The largest absolute Gasteiger partial charge is 0.391 e. The van der Waals surface area contributed by atoms with E-state index in [-0.39, 0.29) is 6.61 Å². The fourth-order valence-corrected chi connectivity index (χ4v) is 2.87. The van der Waals surface area contributed by atoms with E-state index < -0.39 is 29.1 Å². The minimum Gasteiger partial charge on any atom is -0.391 e. The summed E-state index contributed by atoms with van der Waals surface area (Å²) in [6.45, 7) is 0.649. The van der Waals surface area contributed by atoms with Crippen LogP contribution in [-0.4, -0.2) is 45.1 Å². The number of benzene rings is 1. The minimum absolute atomic E-state index is 0.219. The van der Waals surface area contributed by atoms with Gasteiger partial charge in [-0.25, -0.2) is 0 Å². The molecule has 1 aliphatic rings. The third-order valence-corrected chi connectivity index (χ3v) is 4.38. The highest BCUT2D eigenvalue weighted by Gasteiger charge is 2.47. The standard InChI is InChI=1S/C13H17BrO4/c14-10-11(15)9(12(16)13(10)17)7-18-6-8-4-2-1-3-5-8/h1-5,9-13,15-17H,6-7H2/t9-,10-,11-,12+,13+/m0/s1. The molecule has 1 aromatic carbocycles. The lowest BCUT2D eigenvalue weighted by atomic mass is 10.1. The molecule has 0 bridgehead atoms. The van der Waals surface area contributed by atoms with Crippen molar-refractivity contribution >= 4 is 15.9 Å². The first kappa shape index (κ1) is 14.0. The molecular weight excluding hydrogens is 300 g/mol. The number of aliphatic hydroxyl groups is 3. The lowest BCUT2D eigenvalue weighted by Crippen LogP contribution is -2.31. The van der Waals surface area contributed by atoms with Gasteiger partial charge in [-0.2, -0.15) is 0 Å². The van der Waals surface area contributed by atoms with E-state index in [1.807, 2.05) is 30.3 Å². The summed E-state index contributed by atoms with van der Waals surface area (Å²) in [6.07, 6.45) is -2.71. The van der Waals surface area contributed by atoms with Crippen LogP contribution in [-0.2, 0) is 11.3 Å². The van der Waals surface area contributed by atoms with E-state index >= 15 is 0 Å². The molecule has 5 heteroatoms. The van der Waals surface area contributed by atoms with Crippen LogP contribution in [0.4, 0.5) is 0 Å². The van der Waals surface area contributed by atoms with Crippen molar-refractivity contribution in [2.45, 2.75) is 29.7 Å². The first-order chi connectivity index (χ1) is 8.61. The van der Waals surface area contributed by atoms with Crippen molar-refractivity contribution in [3.63, 3.8) is 0 Å². The van der Waals surface area contributed by atoms with Gasteiger partial charge in [0.25, 0.3) is 0 Å². The highest BCUT2D eigenvalue weighted by molar-refractivity contribution is 9.09. The van der Waals surface area contributed by atoms with E-state index in [1.54, 1.807) is 0 Å². The average Bonchev–Trinajstić information content (AvgIpc) is 2.57. The van der Waals surface area contributed by atoms with Crippen molar-refractivity contribution in [3.8, 4) is 0 Å². The van der Waals surface area contributed by atoms with Crippen LogP contribution in [0, 0.1) is 5.92 Å². The van der Waals surface area contributed by atoms with Gasteiger partial charge in [0.05, 0.1) is 36.4 Å². The SMILES string of the molecule is O[C@@H]1[C@H](Br)[C@@H](O)[C@H](O)[C@H]1COCc1ccccc1. The molecule has 0 aliphatic heterocycles. The Morgan fingerprint density at radius 2 is 1.67 bits per heavy atom. The number of hydrogen-bond donors (Lipinski definition) is 3. The zero-order valence-electron chi connectivity index (χ0n) is 9.82. The fraction of sp³-hybridized carbons (Fsp3) is 0.538. The molecule has 0 saturated heterocycles. The van der Waals surface area contributed by atoms with Gasteiger partial charge in [-0.1, -0.05) is 46.3 Å². The number of rotatable bonds is 4. The van der Waals surface area contributed by atoms with Gasteiger partial charge in [-0.05, 0) is 5.56 Å². The molecular formula is C13H17BrO4. The van der Waals surface area contributed by atoms with Gasteiger partial charge in [0, 0.05) is 5.92 Å². The molecule has 1 saturated carbocycles. The monoisotopic (exact) mass is 316 g/mol. The predicted octanol–water partition coefficient (Wildman–Crippen LogP) is 0.679. The highest BCUT2D eigenvalue weighted by Crippen LogP contribution is 2.32. The highest BCUT2D eigenvalue weighted by atomic mass is 79.9. The maximum Gasteiger partial charge on any atom is 0.0953 e. The molecule has 1 aromatic rings. The van der Waals surface area contributed by atoms with Crippen molar-refractivity contribution in [2.75, 3.05) is 6.61 Å². The molecule has 0 heterocycles. The Morgan fingerprint density at radius 3 is 2.22 bits per heavy atom. The Hall–Kier alpha value is -0.460. The van der Waals surface area contributed by atoms with Gasteiger partial charge in [0.1, 0.15) is 0 Å². The van der Waals surface area contributed by atoms with Gasteiger partial charge in [0.15, 0.2) is 0 Å². The summed E-state index contributed by atoms with van der Waals surface area (Å²) in [4.78, 5) is -0.502. The first-order valence-electron chi connectivity index (χ1n) is 5.91. The molecule has 0 aromatic heterocycles. The Bertz CT molecular complexity index is 359. The van der Waals surface area contributed by atoms with Crippen LogP contribution in [0.25, 0.3) is 0 Å². The smallest absolute Gasteiger partial charge is 0.0953 e. The molecule has 5 atom stereocenters. The third-order valence-electron chi connectivity index (χ3n) is 3.30. The maximum absolute atomic E-state index is 9.85. The van der Waals surface area contributed by atoms with Crippen molar-refractivity contribution < 1.29 is 20.1 Å². The molecule has 4 nitrogen and oxygen atoms in total. The Kier molecular flexibility index (Phi) is 4.75. The molecule has 18 heavy (non-hydrogen) atoms.